The summed E-state index contributed by atoms with van der Waals surface area (Å²) in [5, 5.41) is 23.1. The second kappa shape index (κ2) is 11.1. The van der Waals surface area contributed by atoms with Gasteiger partial charge in [0.1, 0.15) is 17.7 Å². The van der Waals surface area contributed by atoms with Crippen LogP contribution in [0.5, 0.6) is 0 Å². The molecule has 0 radical (unpaired) electrons. The smallest absolute Gasteiger partial charge is 0.179 e. The molecule has 0 unspecified atom stereocenters. The van der Waals surface area contributed by atoms with Crippen LogP contribution in [0, 0.1) is 0 Å². The van der Waals surface area contributed by atoms with E-state index in [9.17, 15) is 4.79 Å². The molecule has 0 spiro atoms. The van der Waals surface area contributed by atoms with Crippen molar-refractivity contribution in [1.29, 1.82) is 0 Å². The van der Waals surface area contributed by atoms with Crippen LogP contribution in [0.15, 0.2) is 75.0 Å². The van der Waals surface area contributed by atoms with Crippen molar-refractivity contribution in [3.8, 4) is 0 Å². The first-order valence-electron chi connectivity index (χ1n) is 8.25. The Morgan fingerprint density at radius 2 is 1.21 bits per heavy atom. The van der Waals surface area contributed by atoms with Gasteiger partial charge in [0, 0.05) is 30.8 Å². The molecule has 0 saturated heterocycles. The predicted octanol–water partition coefficient (Wildman–Crippen LogP) is 2.62. The highest BCUT2D eigenvalue weighted by Crippen LogP contribution is 2.13. The van der Waals surface area contributed by atoms with Crippen molar-refractivity contribution < 1.29 is 4.79 Å². The van der Waals surface area contributed by atoms with Crippen molar-refractivity contribution in [1.82, 2.24) is 10.6 Å². The van der Waals surface area contributed by atoms with Crippen molar-refractivity contribution >= 4 is 53.3 Å². The number of thiol groups is 2. The Kier molecular flexibility index (Phi) is 8.44. The first-order valence-corrected chi connectivity index (χ1v) is 9.14. The maximum Gasteiger partial charge on any atom is 0.179 e. The second-order valence-electron chi connectivity index (χ2n) is 5.35. The number of amidine groups is 2. The first kappa shape index (κ1) is 21.4. The summed E-state index contributed by atoms with van der Waals surface area (Å²) in [4.78, 5) is 11.0. The van der Waals surface area contributed by atoms with Gasteiger partial charge in [-0.3, -0.25) is 4.79 Å². The number of hydrogen-bond donors (Lipinski definition) is 4. The number of nitrogens with one attached hydrogen (secondary N) is 2. The van der Waals surface area contributed by atoms with Gasteiger partial charge in [-0.25, -0.2) is 0 Å². The fourth-order valence-electron chi connectivity index (χ4n) is 2.09. The molecule has 0 aliphatic heterocycles. The van der Waals surface area contributed by atoms with E-state index in [1.165, 1.54) is 0 Å². The Labute approximate surface area is 174 Å². The van der Waals surface area contributed by atoms with E-state index in [1.807, 2.05) is 30.3 Å². The average Bonchev–Trinajstić information content (AvgIpc) is 2.76. The lowest BCUT2D eigenvalue weighted by molar-refractivity contribution is 0.112. The van der Waals surface area contributed by atoms with Crippen molar-refractivity contribution in [2.24, 2.45) is 20.4 Å². The van der Waals surface area contributed by atoms with Gasteiger partial charge < -0.3 is 10.6 Å². The highest BCUT2D eigenvalue weighted by molar-refractivity contribution is 7.97. The molecule has 7 nitrogen and oxygen atoms in total. The highest BCUT2D eigenvalue weighted by Gasteiger charge is 2.15. The molecule has 2 aromatic rings. The van der Waals surface area contributed by atoms with Crippen LogP contribution >= 0.6 is 25.3 Å². The molecule has 2 N–H and O–H groups in total. The maximum absolute atomic E-state index is 11.0. The summed E-state index contributed by atoms with van der Waals surface area (Å²) in [6, 6.07) is 16.4. The van der Waals surface area contributed by atoms with E-state index in [2.05, 4.69) is 56.3 Å². The Morgan fingerprint density at radius 3 is 1.64 bits per heavy atom. The zero-order chi connectivity index (χ0) is 20.4. The largest absolute Gasteiger partial charge is 0.366 e. The van der Waals surface area contributed by atoms with E-state index in [0.717, 1.165) is 17.4 Å². The van der Waals surface area contributed by atoms with Gasteiger partial charge in [-0.1, -0.05) is 54.6 Å². The number of aldehydes is 1. The molecule has 2 rings (SSSR count). The molecule has 0 aromatic heterocycles. The predicted molar refractivity (Wildman–Crippen MR) is 122 cm³/mol. The molecule has 0 atom stereocenters. The summed E-state index contributed by atoms with van der Waals surface area (Å²) in [6.07, 6.45) is 0.780. The lowest BCUT2D eigenvalue weighted by atomic mass is 9.99. The number of benzene rings is 2. The van der Waals surface area contributed by atoms with Gasteiger partial charge in [0.2, 0.25) is 0 Å². The van der Waals surface area contributed by atoms with Crippen molar-refractivity contribution in [3.63, 3.8) is 0 Å². The molecule has 0 fully saturated rings. The summed E-state index contributed by atoms with van der Waals surface area (Å²) >= 11 is 8.40. The SMILES string of the molecule is CN/C(S)=N/N=C(/C(=N/N=C(\S)NC)c1ccc(C=O)cc1)c1ccccc1. The van der Waals surface area contributed by atoms with Crippen LogP contribution in [0.4, 0.5) is 0 Å². The first-order chi connectivity index (χ1) is 13.6. The second-order valence-corrected chi connectivity index (χ2v) is 6.20. The van der Waals surface area contributed by atoms with Gasteiger partial charge in [0.05, 0.1) is 0 Å². The number of nitrogens with zero attached hydrogens (tertiary/aromatic N) is 4. The fourth-order valence-corrected chi connectivity index (χ4v) is 2.18. The minimum atomic E-state index is 0.336. The van der Waals surface area contributed by atoms with Crippen LogP contribution in [-0.4, -0.2) is 42.1 Å². The molecule has 144 valence electrons. The summed E-state index contributed by atoms with van der Waals surface area (Å²) in [7, 11) is 3.39. The van der Waals surface area contributed by atoms with Gasteiger partial charge in [-0.2, -0.15) is 0 Å². The van der Waals surface area contributed by atoms with Crippen molar-refractivity contribution in [2.45, 2.75) is 0 Å². The van der Waals surface area contributed by atoms with Crippen LogP contribution < -0.4 is 10.6 Å². The molecule has 0 saturated carbocycles. The third-order valence-electron chi connectivity index (χ3n) is 3.53. The van der Waals surface area contributed by atoms with Gasteiger partial charge in [0.25, 0.3) is 0 Å². The monoisotopic (exact) mass is 412 g/mol. The van der Waals surface area contributed by atoms with Crippen LogP contribution in [0.25, 0.3) is 0 Å². The van der Waals surface area contributed by atoms with Crippen LogP contribution in [0.2, 0.25) is 0 Å². The van der Waals surface area contributed by atoms with Gasteiger partial charge in [0.15, 0.2) is 10.3 Å². The number of rotatable bonds is 6. The molecule has 0 bridgehead atoms. The van der Waals surface area contributed by atoms with Crippen LogP contribution in [0.3, 0.4) is 0 Å². The third-order valence-corrected chi connectivity index (χ3v) is 4.15. The van der Waals surface area contributed by atoms with Crippen LogP contribution in [-0.2, 0) is 0 Å². The summed E-state index contributed by atoms with van der Waals surface area (Å²) < 4.78 is 0. The van der Waals surface area contributed by atoms with Crippen LogP contribution in [0.1, 0.15) is 21.5 Å². The van der Waals surface area contributed by atoms with E-state index < -0.39 is 0 Å². The standard InChI is InChI=1S/C19H20N6OS2/c1-20-18(27)24-22-16(14-6-4-3-5-7-14)17(23-25-19(28)21-2)15-10-8-13(12-26)9-11-15/h3-12H,1-2H3,(H2,20,24,27)(H2,21,25,28)/b22-16+,23-17+. The molecular weight excluding hydrogens is 392 g/mol. The molecule has 28 heavy (non-hydrogen) atoms. The minimum Gasteiger partial charge on any atom is -0.366 e. The van der Waals surface area contributed by atoms with E-state index in [-0.39, 0.29) is 0 Å². The Morgan fingerprint density at radius 1 is 0.750 bits per heavy atom. The zero-order valence-corrected chi connectivity index (χ0v) is 17.2. The third kappa shape index (κ3) is 6.07. The Balaban J connectivity index is 2.68. The lowest BCUT2D eigenvalue weighted by Crippen LogP contribution is -2.19. The molecule has 2 aromatic carbocycles. The number of hydrogen-bond acceptors (Lipinski definition) is 5. The molecule has 0 heterocycles. The number of carbonyl (C=O) groups excluding carboxylic acids is 1. The van der Waals surface area contributed by atoms with Crippen molar-refractivity contribution in [3.05, 3.63) is 71.3 Å². The topological polar surface area (TPSA) is 90.6 Å². The van der Waals surface area contributed by atoms with Gasteiger partial charge in [-0.05, 0) is 0 Å². The summed E-state index contributed by atoms with van der Waals surface area (Å²) in [6.45, 7) is 0. The molecule has 9 heteroatoms. The summed E-state index contributed by atoms with van der Waals surface area (Å²) in [5.41, 5.74) is 3.02. The lowest BCUT2D eigenvalue weighted by Gasteiger charge is -2.09. The highest BCUT2D eigenvalue weighted by atomic mass is 32.1. The normalized spacial score (nSPS) is 13.3. The quantitative estimate of drug-likeness (QED) is 0.193. The van der Waals surface area contributed by atoms with Gasteiger partial charge in [-0.15, -0.1) is 45.7 Å². The summed E-state index contributed by atoms with van der Waals surface area (Å²) in [5.74, 6) is 0. The van der Waals surface area contributed by atoms with E-state index in [0.29, 0.717) is 27.3 Å². The minimum absolute atomic E-state index is 0.336. The molecule has 0 amide bonds. The van der Waals surface area contributed by atoms with Crippen molar-refractivity contribution in [2.75, 3.05) is 14.1 Å². The Hall–Kier alpha value is -2.91. The van der Waals surface area contributed by atoms with E-state index >= 15 is 0 Å². The molecular formula is C19H20N6OS2. The fraction of sp³-hybridized carbons (Fsp3) is 0.105. The maximum atomic E-state index is 11.0. The number of carbonyl (C=O) groups is 1. The van der Waals surface area contributed by atoms with E-state index in [4.69, 9.17) is 0 Å². The van der Waals surface area contributed by atoms with E-state index in [1.54, 1.807) is 38.4 Å². The molecule has 0 aliphatic rings. The Bertz CT molecular complexity index is 921. The zero-order valence-electron chi connectivity index (χ0n) is 15.4. The average molecular weight is 413 g/mol. The molecule has 0 aliphatic carbocycles. The van der Waals surface area contributed by atoms with Gasteiger partial charge >= 0.3 is 0 Å².